The van der Waals surface area contributed by atoms with E-state index in [0.717, 1.165) is 0 Å². The van der Waals surface area contributed by atoms with E-state index < -0.39 is 0 Å². The molecule has 0 atom stereocenters. The van der Waals surface area contributed by atoms with Gasteiger partial charge in [0.25, 0.3) is 0 Å². The Labute approximate surface area is 64.3 Å². The average molecular weight is 435 g/mol. The van der Waals surface area contributed by atoms with Crippen molar-refractivity contribution in [2.24, 2.45) is 0 Å². The van der Waals surface area contributed by atoms with Crippen molar-refractivity contribution in [3.05, 3.63) is 22.3 Å². The Kier molecular flexibility index (Phi) is 1060. The molecule has 0 aliphatic rings. The molecule has 0 rings (SSSR count). The smallest absolute Gasteiger partial charge is 0 e. The Morgan fingerprint density at radius 3 is 0.400 bits per heavy atom. The molecule has 0 fully saturated rings. The van der Waals surface area contributed by atoms with Gasteiger partial charge in [-0.15, -0.1) is 0 Å². The molecule has 0 amide bonds. The Balaban J connectivity index is 0. The molecule has 0 spiro atoms. The summed E-state index contributed by atoms with van der Waals surface area (Å²) < 4.78 is 0. The van der Waals surface area contributed by atoms with Crippen LogP contribution in [0.5, 0.6) is 0 Å². The number of rotatable bonds is 0. The van der Waals surface area contributed by atoms with E-state index in [1.165, 1.54) is 0 Å². The minimum absolute atomic E-state index is 0. The minimum atomic E-state index is 0. The summed E-state index contributed by atoms with van der Waals surface area (Å²) >= 11 is 0. The fourth-order valence-electron chi connectivity index (χ4n) is 0. The molecule has 0 aliphatic heterocycles. The van der Waals surface area contributed by atoms with E-state index >= 15 is 0 Å². The first kappa shape index (κ1) is 97.3. The Bertz CT molecular complexity index is 4.85. The normalized spacial score (nSPS) is 0. The third-order valence-corrected chi connectivity index (χ3v) is 0. The molecule has 5 heavy (non-hydrogen) atoms. The van der Waals surface area contributed by atoms with Crippen LogP contribution in [0.4, 0.5) is 0 Å². The molecule has 2 heteroatoms. The van der Waals surface area contributed by atoms with Crippen LogP contribution >= 0.6 is 0 Å². The fraction of sp³-hybridized carbons (Fsp3) is 0. The predicted molar refractivity (Wildman–Crippen MR) is 19.2 cm³/mol. The van der Waals surface area contributed by atoms with Gasteiger partial charge in [-0.1, -0.05) is 0 Å². The van der Waals surface area contributed by atoms with Crippen LogP contribution in [-0.2, 0) is 42.1 Å². The van der Waals surface area contributed by atoms with Crippen LogP contribution in [0.2, 0.25) is 0 Å². The zero-order valence-corrected chi connectivity index (χ0v) is 8.18. The van der Waals surface area contributed by atoms with E-state index in [0.29, 0.717) is 0 Å². The first-order chi connectivity index (χ1) is 0. The van der Waals surface area contributed by atoms with Gasteiger partial charge in [0.15, 0.2) is 0 Å². The van der Waals surface area contributed by atoms with Gasteiger partial charge >= 0.3 is 0 Å². The van der Waals surface area contributed by atoms with Crippen LogP contribution < -0.4 is 0 Å². The second-order valence-electron chi connectivity index (χ2n) is 0. The van der Waals surface area contributed by atoms with Crippen LogP contribution in [0.15, 0.2) is 0 Å². The largest absolute Gasteiger partial charge is 0.358 e. The quantitative estimate of drug-likeness (QED) is 0.505. The third-order valence-electron chi connectivity index (χ3n) is 0. The van der Waals surface area contributed by atoms with Gasteiger partial charge in [0.2, 0.25) is 0 Å². The molecule has 0 bridgehead atoms. The molecule has 0 aromatic heterocycles. The number of hydrogen-bond donors (Lipinski definition) is 0. The van der Waals surface area contributed by atoms with Crippen LogP contribution in [0, 0.1) is 22.3 Å². The Hall–Kier alpha value is 1.38. The molecule has 0 aromatic rings. The molecule has 0 aliphatic carbocycles. The monoisotopic (exact) mass is 435 g/mol. The first-order valence-corrected chi connectivity index (χ1v) is 0. The predicted octanol–water partition coefficient (Wildman–Crippen LogP) is 1.35. The number of hydrogen-bond acceptors (Lipinski definition) is 0. The van der Waals surface area contributed by atoms with Gasteiger partial charge in [-0.05, 0) is 0 Å². The maximum absolute atomic E-state index is 0. The topological polar surface area (TPSA) is 0 Å². The van der Waals surface area contributed by atoms with Gasteiger partial charge in [-0.25, -0.2) is 0 Å². The Morgan fingerprint density at radius 2 is 0.400 bits per heavy atom. The minimum Gasteiger partial charge on any atom is -0.358 e. The van der Waals surface area contributed by atoms with Crippen molar-refractivity contribution in [1.82, 2.24) is 0 Å². The third kappa shape index (κ3) is 32.3. The zero-order valence-electron chi connectivity index (χ0n) is 3.63. The summed E-state index contributed by atoms with van der Waals surface area (Å²) in [7, 11) is 0. The van der Waals surface area contributed by atoms with Gasteiger partial charge in [0.05, 0.1) is 0 Å². The van der Waals surface area contributed by atoms with E-state index in [4.69, 9.17) is 0 Å². The maximum Gasteiger partial charge on any atom is 0 e. The second kappa shape index (κ2) is 54.3. The molecule has 0 radical (unpaired) electrons. The molecular formula is C3H9Pt2-3. The zero-order chi connectivity index (χ0) is 0. The first-order valence-electron chi connectivity index (χ1n) is 0. The van der Waals surface area contributed by atoms with Gasteiger partial charge in [0.1, 0.15) is 0 Å². The summed E-state index contributed by atoms with van der Waals surface area (Å²) in [6.07, 6.45) is 0. The molecule has 0 unspecified atom stereocenters. The van der Waals surface area contributed by atoms with Crippen molar-refractivity contribution >= 4 is 0 Å². The van der Waals surface area contributed by atoms with Crippen LogP contribution in [0.1, 0.15) is 0 Å². The van der Waals surface area contributed by atoms with Crippen molar-refractivity contribution in [2.45, 2.75) is 0 Å². The van der Waals surface area contributed by atoms with E-state index in [2.05, 4.69) is 0 Å². The summed E-state index contributed by atoms with van der Waals surface area (Å²) in [4.78, 5) is 0. The summed E-state index contributed by atoms with van der Waals surface area (Å²) in [5, 5.41) is 0. The maximum atomic E-state index is 0. The molecule has 0 heterocycles. The average Bonchev–Trinajstić information content (AvgIpc) is 0. The standard InChI is InChI=1S/3CH3.2Pt/h3*1H3;;/q3*-1;;. The molecule has 0 saturated heterocycles. The summed E-state index contributed by atoms with van der Waals surface area (Å²) in [5.74, 6) is 0. The van der Waals surface area contributed by atoms with Crippen LogP contribution in [0.25, 0.3) is 0 Å². The molecule has 0 N–H and O–H groups in total. The molecule has 44 valence electrons. The van der Waals surface area contributed by atoms with E-state index in [9.17, 15) is 0 Å². The van der Waals surface area contributed by atoms with Crippen LogP contribution in [0.3, 0.4) is 0 Å². The SMILES string of the molecule is [CH3-].[CH3-].[CH3-].[Pt].[Pt]. The molecule has 0 saturated carbocycles. The fourth-order valence-corrected chi connectivity index (χ4v) is 0. The second-order valence-corrected chi connectivity index (χ2v) is 0. The van der Waals surface area contributed by atoms with Crippen molar-refractivity contribution in [2.75, 3.05) is 0 Å². The molecular weight excluding hydrogens is 426 g/mol. The Morgan fingerprint density at radius 1 is 0.400 bits per heavy atom. The van der Waals surface area contributed by atoms with Crippen molar-refractivity contribution in [3.8, 4) is 0 Å². The van der Waals surface area contributed by atoms with Crippen molar-refractivity contribution in [3.63, 3.8) is 0 Å². The summed E-state index contributed by atoms with van der Waals surface area (Å²) in [6.45, 7) is 0. The van der Waals surface area contributed by atoms with Crippen molar-refractivity contribution < 1.29 is 42.1 Å². The van der Waals surface area contributed by atoms with Crippen LogP contribution in [-0.4, -0.2) is 0 Å². The van der Waals surface area contributed by atoms with E-state index in [-0.39, 0.29) is 64.4 Å². The molecule has 0 aromatic carbocycles. The summed E-state index contributed by atoms with van der Waals surface area (Å²) in [5.41, 5.74) is 0. The van der Waals surface area contributed by atoms with E-state index in [1.54, 1.807) is 0 Å². The van der Waals surface area contributed by atoms with Gasteiger partial charge in [-0.2, -0.15) is 0 Å². The molecule has 0 nitrogen and oxygen atoms in total. The summed E-state index contributed by atoms with van der Waals surface area (Å²) in [6, 6.07) is 0. The van der Waals surface area contributed by atoms with Crippen molar-refractivity contribution in [1.29, 1.82) is 0 Å². The van der Waals surface area contributed by atoms with Gasteiger partial charge < -0.3 is 22.3 Å². The van der Waals surface area contributed by atoms with E-state index in [1.807, 2.05) is 0 Å². The van der Waals surface area contributed by atoms with Gasteiger partial charge in [0, 0.05) is 42.1 Å². The van der Waals surface area contributed by atoms with Gasteiger partial charge in [-0.3, -0.25) is 0 Å².